The molecule has 230 valence electrons. The van der Waals surface area contributed by atoms with Gasteiger partial charge in [0.1, 0.15) is 89.6 Å². The molecule has 0 saturated heterocycles. The molecule has 1 heterocycles. The highest BCUT2D eigenvalue weighted by molar-refractivity contribution is 6.70. The molecule has 0 aliphatic rings. The minimum absolute atomic E-state index is 0.927. The van der Waals surface area contributed by atoms with Crippen LogP contribution in [0.4, 0.5) is 0 Å². The summed E-state index contributed by atoms with van der Waals surface area (Å²) in [6, 6.07) is 31.6. The number of fused-ring (bicyclic) bond motifs is 3. The van der Waals surface area contributed by atoms with Crippen LogP contribution in [-0.2, 0) is 0 Å². The van der Waals surface area contributed by atoms with Gasteiger partial charge in [-0.2, -0.15) is 0 Å². The number of para-hydroxylation sites is 1. The summed E-state index contributed by atoms with van der Waals surface area (Å²) < 4.78 is 6.37. The molecule has 1 nitrogen and oxygen atoms in total. The fourth-order valence-corrected chi connectivity index (χ4v) is 9.35. The summed E-state index contributed by atoms with van der Waals surface area (Å²) in [5.41, 5.74) is 23.6. The second kappa shape index (κ2) is 11.4. The molecule has 0 radical (unpaired) electrons. The molecule has 0 aliphatic heterocycles. The lowest BCUT2D eigenvalue weighted by atomic mass is 9.58. The van der Waals surface area contributed by atoms with Crippen LogP contribution in [0, 0.1) is 0 Å². The van der Waals surface area contributed by atoms with Gasteiger partial charge in [0.15, 0.2) is 0 Å². The van der Waals surface area contributed by atoms with E-state index in [0.29, 0.717) is 0 Å². The Labute approximate surface area is 308 Å². The van der Waals surface area contributed by atoms with Crippen molar-refractivity contribution in [3.63, 3.8) is 0 Å². The Kier molecular flexibility index (Phi) is 7.18. The minimum atomic E-state index is 0.927. The first-order chi connectivity index (χ1) is 24.5. The van der Waals surface area contributed by atoms with Gasteiger partial charge in [0, 0.05) is 10.8 Å². The van der Waals surface area contributed by atoms with Crippen LogP contribution in [-0.4, -0.2) is 78.5 Å². The molecule has 11 heteroatoms. The molecule has 1 aromatic heterocycles. The van der Waals surface area contributed by atoms with Crippen LogP contribution in [0.2, 0.25) is 0 Å². The van der Waals surface area contributed by atoms with E-state index in [0.717, 1.165) is 16.6 Å². The molecule has 9 aromatic rings. The zero-order valence-electron chi connectivity index (χ0n) is 31.5. The van der Waals surface area contributed by atoms with Gasteiger partial charge < -0.3 is 4.42 Å². The third kappa shape index (κ3) is 4.37. The number of furan rings is 1. The molecule has 0 amide bonds. The zero-order chi connectivity index (χ0) is 35.6. The molecule has 0 spiro atoms. The first-order valence-corrected chi connectivity index (χ1v) is 18.3. The molecule has 0 N–H and O–H groups in total. The van der Waals surface area contributed by atoms with Crippen LogP contribution < -0.4 is 54.6 Å². The summed E-state index contributed by atoms with van der Waals surface area (Å²) in [6.07, 6.45) is 0. The molecular formula is C40H34B10O. The Balaban J connectivity index is 1.49. The Bertz CT molecular complexity index is 2830. The Hall–Kier alpha value is -4.75. The topological polar surface area (TPSA) is 13.1 Å². The molecular weight excluding hydrogens is 605 g/mol. The molecule has 51 heavy (non-hydrogen) atoms. The second-order valence-electron chi connectivity index (χ2n) is 15.1. The van der Waals surface area contributed by atoms with Crippen LogP contribution in [0.25, 0.3) is 87.6 Å². The van der Waals surface area contributed by atoms with E-state index in [4.69, 9.17) is 4.42 Å². The van der Waals surface area contributed by atoms with Crippen molar-refractivity contribution < 1.29 is 4.42 Å². The highest BCUT2D eigenvalue weighted by atomic mass is 16.3. The number of hydrogen-bond acceptors (Lipinski definition) is 1. The minimum Gasteiger partial charge on any atom is -0.456 e. The summed E-state index contributed by atoms with van der Waals surface area (Å²) in [5.74, 6) is 0. The predicted octanol–water partition coefficient (Wildman–Crippen LogP) is -5.93. The highest BCUT2D eigenvalue weighted by Crippen LogP contribution is 2.46. The van der Waals surface area contributed by atoms with Crippen LogP contribution in [0.15, 0.2) is 89.3 Å². The van der Waals surface area contributed by atoms with E-state index in [-0.39, 0.29) is 0 Å². The van der Waals surface area contributed by atoms with E-state index in [1.165, 1.54) is 126 Å². The highest BCUT2D eigenvalue weighted by Gasteiger charge is 2.24. The smallest absolute Gasteiger partial charge is 0.139 e. The summed E-state index contributed by atoms with van der Waals surface area (Å²) in [6.45, 7) is 0. The van der Waals surface area contributed by atoms with Gasteiger partial charge in [-0.25, -0.2) is 0 Å². The Morgan fingerprint density at radius 1 is 0.314 bits per heavy atom. The van der Waals surface area contributed by atoms with Crippen molar-refractivity contribution in [1.29, 1.82) is 0 Å². The van der Waals surface area contributed by atoms with Gasteiger partial charge in [-0.3, -0.25) is 0 Å². The number of hydrogen-bond donors (Lipinski definition) is 0. The van der Waals surface area contributed by atoms with Gasteiger partial charge in [0.05, 0.1) is 0 Å². The van der Waals surface area contributed by atoms with Crippen molar-refractivity contribution in [2.75, 3.05) is 0 Å². The summed E-state index contributed by atoms with van der Waals surface area (Å²) >= 11 is 0. The first kappa shape index (κ1) is 32.2. The van der Waals surface area contributed by atoms with Gasteiger partial charge in [-0.05, 0) is 83.9 Å². The molecule has 0 bridgehead atoms. The number of benzene rings is 8. The van der Waals surface area contributed by atoms with Gasteiger partial charge in [-0.15, -0.1) is 32.8 Å². The van der Waals surface area contributed by atoms with Crippen molar-refractivity contribution in [3.8, 4) is 33.4 Å². The Morgan fingerprint density at radius 2 is 0.784 bits per heavy atom. The van der Waals surface area contributed by atoms with E-state index in [1.807, 2.05) is 0 Å². The van der Waals surface area contributed by atoms with E-state index in [1.54, 1.807) is 0 Å². The maximum absolute atomic E-state index is 6.37. The molecule has 8 aromatic carbocycles. The maximum Gasteiger partial charge on any atom is 0.139 e. The third-order valence-corrected chi connectivity index (χ3v) is 13.0. The van der Waals surface area contributed by atoms with Crippen molar-refractivity contribution in [2.24, 2.45) is 0 Å². The lowest BCUT2D eigenvalue weighted by Crippen LogP contribution is -2.55. The summed E-state index contributed by atoms with van der Waals surface area (Å²) in [7, 11) is 23.0. The van der Waals surface area contributed by atoms with E-state index >= 15 is 0 Å². The van der Waals surface area contributed by atoms with Crippen LogP contribution in [0.3, 0.4) is 0 Å². The average Bonchev–Trinajstić information content (AvgIpc) is 3.53. The lowest BCUT2D eigenvalue weighted by molar-refractivity contribution is 0.669. The lowest BCUT2D eigenvalue weighted by Gasteiger charge is -2.26. The van der Waals surface area contributed by atoms with E-state index in [2.05, 4.69) is 163 Å². The average molecular weight is 639 g/mol. The molecule has 0 atom stereocenters. The standard InChI is InChI=1S/C40H34B10O/c41-31-29(32(42)36(46)39(49)35(31)45)22-14-23(30-33(43)37(47)40(50)38(48)34(30)44)20-13-12-18-16(10-8-15-9-11-19(22)28(20)26(15)18)17-5-3-7-25-27(17)21-4-1-2-6-24(21)51-25/h1-14H,41-50H2. The fraction of sp³-hybridized carbons (Fsp3) is 0. The zero-order valence-corrected chi connectivity index (χ0v) is 31.5. The normalized spacial score (nSPS) is 11.9. The largest absolute Gasteiger partial charge is 0.456 e. The number of rotatable bonds is 3. The molecule has 0 aliphatic carbocycles. The quantitative estimate of drug-likeness (QED) is 0.139. The van der Waals surface area contributed by atoms with Gasteiger partial charge in [0.2, 0.25) is 0 Å². The van der Waals surface area contributed by atoms with Gasteiger partial charge in [0.25, 0.3) is 0 Å². The van der Waals surface area contributed by atoms with Gasteiger partial charge in [-0.1, -0.05) is 88.6 Å². The van der Waals surface area contributed by atoms with Crippen LogP contribution >= 0.6 is 0 Å². The van der Waals surface area contributed by atoms with Gasteiger partial charge >= 0.3 is 0 Å². The van der Waals surface area contributed by atoms with Crippen molar-refractivity contribution in [1.82, 2.24) is 0 Å². The summed E-state index contributed by atoms with van der Waals surface area (Å²) in [5, 5.41) is 10.2. The SMILES string of the molecule is Bc1c(B)c(B)c(-c2cc(-c3c(B)c(B)c(B)c(B)c3B)c3ccc4c(-c5cccc6oc7ccccc7c56)ccc5ccc2c3c54)c(B)c1B. The van der Waals surface area contributed by atoms with Crippen molar-refractivity contribution in [2.45, 2.75) is 0 Å². The molecule has 0 saturated carbocycles. The van der Waals surface area contributed by atoms with E-state index < -0.39 is 0 Å². The maximum atomic E-state index is 6.37. The molecule has 9 rings (SSSR count). The second-order valence-corrected chi connectivity index (χ2v) is 15.1. The van der Waals surface area contributed by atoms with Crippen LogP contribution in [0.1, 0.15) is 0 Å². The van der Waals surface area contributed by atoms with E-state index in [9.17, 15) is 0 Å². The van der Waals surface area contributed by atoms with Crippen LogP contribution in [0.5, 0.6) is 0 Å². The predicted molar refractivity (Wildman–Crippen MR) is 256 cm³/mol. The first-order valence-electron chi connectivity index (χ1n) is 18.3. The monoisotopic (exact) mass is 640 g/mol. The molecule has 0 unspecified atom stereocenters. The van der Waals surface area contributed by atoms with Crippen molar-refractivity contribution in [3.05, 3.63) is 84.9 Å². The fourth-order valence-electron chi connectivity index (χ4n) is 9.35. The van der Waals surface area contributed by atoms with Crippen molar-refractivity contribution >= 4 is 187 Å². The third-order valence-electron chi connectivity index (χ3n) is 13.0. The Morgan fingerprint density at radius 3 is 1.37 bits per heavy atom. The molecule has 0 fully saturated rings. The summed E-state index contributed by atoms with van der Waals surface area (Å²) in [4.78, 5) is 0.